The van der Waals surface area contributed by atoms with Gasteiger partial charge in [0, 0.05) is 23.9 Å². The van der Waals surface area contributed by atoms with Crippen molar-refractivity contribution in [2.24, 2.45) is 0 Å². The van der Waals surface area contributed by atoms with Crippen molar-refractivity contribution in [2.75, 3.05) is 11.9 Å². The first-order chi connectivity index (χ1) is 13.1. The second-order valence-corrected chi connectivity index (χ2v) is 6.57. The van der Waals surface area contributed by atoms with Crippen LogP contribution in [0.3, 0.4) is 0 Å². The second-order valence-electron chi connectivity index (χ2n) is 6.57. The van der Waals surface area contributed by atoms with Crippen LogP contribution >= 0.6 is 0 Å². The largest absolute Gasteiger partial charge is 0.508 e. The van der Waals surface area contributed by atoms with Crippen molar-refractivity contribution < 1.29 is 15.0 Å². The highest BCUT2D eigenvalue weighted by molar-refractivity contribution is 6.01. The summed E-state index contributed by atoms with van der Waals surface area (Å²) in [6, 6.07) is 21.8. The van der Waals surface area contributed by atoms with E-state index in [1.807, 2.05) is 48.5 Å². The predicted molar refractivity (Wildman–Crippen MR) is 104 cm³/mol. The van der Waals surface area contributed by atoms with E-state index in [1.165, 1.54) is 12.1 Å². The summed E-state index contributed by atoms with van der Waals surface area (Å²) in [5, 5.41) is 23.3. The van der Waals surface area contributed by atoms with Gasteiger partial charge >= 0.3 is 0 Å². The number of anilines is 1. The molecular weight excluding hydrogens is 340 g/mol. The van der Waals surface area contributed by atoms with E-state index in [0.29, 0.717) is 24.1 Å². The van der Waals surface area contributed by atoms with Gasteiger partial charge in [0.05, 0.1) is 5.56 Å². The van der Waals surface area contributed by atoms with E-state index in [9.17, 15) is 15.0 Å². The van der Waals surface area contributed by atoms with Crippen LogP contribution in [0, 0.1) is 0 Å². The van der Waals surface area contributed by atoms with Crippen LogP contribution in [-0.2, 0) is 6.42 Å². The number of phenols is 2. The number of phenolic OH excluding ortho intramolecular Hbond substituents is 2. The Balaban J connectivity index is 1.70. The second kappa shape index (κ2) is 7.03. The predicted octanol–water partition coefficient (Wildman–Crippen LogP) is 3.91. The fourth-order valence-electron chi connectivity index (χ4n) is 3.43. The molecule has 0 saturated carbocycles. The molecule has 0 fully saturated rings. The summed E-state index contributed by atoms with van der Waals surface area (Å²) in [5.41, 5.74) is 3.03. The summed E-state index contributed by atoms with van der Waals surface area (Å²) in [6.45, 7) is 0.495. The number of hydrogen-bond acceptors (Lipinski definition) is 4. The molecule has 0 spiro atoms. The average molecular weight is 360 g/mol. The Kier molecular flexibility index (Phi) is 4.42. The molecule has 0 aromatic heterocycles. The van der Waals surface area contributed by atoms with E-state index in [-0.39, 0.29) is 17.4 Å². The summed E-state index contributed by atoms with van der Waals surface area (Å²) < 4.78 is 0. The smallest absolute Gasteiger partial charge is 0.257 e. The van der Waals surface area contributed by atoms with Gasteiger partial charge in [-0.15, -0.1) is 0 Å². The fourth-order valence-corrected chi connectivity index (χ4v) is 3.43. The number of carbonyl (C=O) groups excluding carboxylic acids is 1. The van der Waals surface area contributed by atoms with Gasteiger partial charge in [0.1, 0.15) is 17.7 Å². The van der Waals surface area contributed by atoms with Crippen molar-refractivity contribution in [2.45, 2.75) is 12.6 Å². The number of rotatable bonds is 4. The van der Waals surface area contributed by atoms with Crippen LogP contribution in [0.4, 0.5) is 5.69 Å². The molecule has 5 nitrogen and oxygen atoms in total. The third-order valence-corrected chi connectivity index (χ3v) is 4.82. The van der Waals surface area contributed by atoms with Gasteiger partial charge < -0.3 is 20.4 Å². The molecule has 0 aliphatic carbocycles. The molecular formula is C22H20N2O3. The molecule has 0 unspecified atom stereocenters. The minimum atomic E-state index is -0.517. The zero-order valence-corrected chi connectivity index (χ0v) is 14.7. The molecule has 27 heavy (non-hydrogen) atoms. The van der Waals surface area contributed by atoms with E-state index in [0.717, 1.165) is 11.3 Å². The van der Waals surface area contributed by atoms with E-state index in [1.54, 1.807) is 17.0 Å². The van der Waals surface area contributed by atoms with Crippen LogP contribution in [0.15, 0.2) is 72.8 Å². The Morgan fingerprint density at radius 2 is 1.67 bits per heavy atom. The molecule has 1 aliphatic rings. The monoisotopic (exact) mass is 360 g/mol. The van der Waals surface area contributed by atoms with Gasteiger partial charge in [-0.25, -0.2) is 0 Å². The molecule has 1 atom stereocenters. The molecule has 5 heteroatoms. The Morgan fingerprint density at radius 3 is 2.44 bits per heavy atom. The molecule has 136 valence electrons. The van der Waals surface area contributed by atoms with Gasteiger partial charge in [0.2, 0.25) is 0 Å². The van der Waals surface area contributed by atoms with Gasteiger partial charge in [-0.2, -0.15) is 0 Å². The van der Waals surface area contributed by atoms with E-state index in [2.05, 4.69) is 5.32 Å². The molecule has 3 aromatic carbocycles. The fraction of sp³-hybridized carbons (Fsp3) is 0.136. The molecule has 3 aromatic rings. The van der Waals surface area contributed by atoms with Gasteiger partial charge in [0.15, 0.2) is 0 Å². The van der Waals surface area contributed by atoms with Crippen LogP contribution in [0.25, 0.3) is 0 Å². The number of benzene rings is 3. The number of fused-ring (bicyclic) bond motifs is 1. The number of aromatic hydroxyl groups is 2. The Hall–Kier alpha value is -3.47. The summed E-state index contributed by atoms with van der Waals surface area (Å²) in [5.74, 6) is -0.156. The molecule has 0 bridgehead atoms. The molecule has 1 amide bonds. The van der Waals surface area contributed by atoms with Gasteiger partial charge in [-0.1, -0.05) is 42.5 Å². The topological polar surface area (TPSA) is 72.8 Å². The third kappa shape index (κ3) is 3.31. The minimum Gasteiger partial charge on any atom is -0.508 e. The first kappa shape index (κ1) is 17.0. The van der Waals surface area contributed by atoms with Crippen LogP contribution < -0.4 is 5.32 Å². The van der Waals surface area contributed by atoms with Crippen LogP contribution in [0.2, 0.25) is 0 Å². The average Bonchev–Trinajstić information content (AvgIpc) is 2.68. The normalized spacial score (nSPS) is 15.9. The molecule has 4 rings (SSSR count). The lowest BCUT2D eigenvalue weighted by atomic mass is 10.0. The number of hydrogen-bond donors (Lipinski definition) is 3. The van der Waals surface area contributed by atoms with E-state index >= 15 is 0 Å². The van der Waals surface area contributed by atoms with Crippen LogP contribution in [-0.4, -0.2) is 27.6 Å². The SMILES string of the molecule is O=C1c2ccccc2N[C@@H](c2ccc(O)cc2O)N1CCc1ccccc1. The lowest BCUT2D eigenvalue weighted by Gasteiger charge is -2.38. The summed E-state index contributed by atoms with van der Waals surface area (Å²) in [7, 11) is 0. The van der Waals surface area contributed by atoms with Crippen molar-refractivity contribution >= 4 is 11.6 Å². The Morgan fingerprint density at radius 1 is 0.926 bits per heavy atom. The van der Waals surface area contributed by atoms with Gasteiger partial charge in [-0.05, 0) is 36.2 Å². The lowest BCUT2D eigenvalue weighted by Crippen LogP contribution is -2.44. The molecule has 1 heterocycles. The maximum atomic E-state index is 13.2. The maximum Gasteiger partial charge on any atom is 0.257 e. The standard InChI is InChI=1S/C22H20N2O3/c25-16-10-11-18(20(26)14-16)21-23-19-9-5-4-8-17(19)22(27)24(21)13-12-15-6-2-1-3-7-15/h1-11,14,21,23,25-26H,12-13H2/t21-/m1/s1. The molecule has 0 saturated heterocycles. The third-order valence-electron chi connectivity index (χ3n) is 4.82. The van der Waals surface area contributed by atoms with E-state index in [4.69, 9.17) is 0 Å². The van der Waals surface area contributed by atoms with Crippen molar-refractivity contribution in [3.8, 4) is 11.5 Å². The van der Waals surface area contributed by atoms with Gasteiger partial charge in [-0.3, -0.25) is 4.79 Å². The highest BCUT2D eigenvalue weighted by atomic mass is 16.3. The Labute approximate surface area is 157 Å². The minimum absolute atomic E-state index is 0.0189. The van der Waals surface area contributed by atoms with Crippen molar-refractivity contribution in [1.82, 2.24) is 4.90 Å². The van der Waals surface area contributed by atoms with Crippen molar-refractivity contribution in [3.05, 3.63) is 89.5 Å². The maximum absolute atomic E-state index is 13.2. The molecule has 1 aliphatic heterocycles. The Bertz CT molecular complexity index is 972. The molecule has 3 N–H and O–H groups in total. The summed E-state index contributed by atoms with van der Waals surface area (Å²) in [4.78, 5) is 14.9. The highest BCUT2D eigenvalue weighted by Gasteiger charge is 2.33. The first-order valence-corrected chi connectivity index (χ1v) is 8.86. The van der Waals surface area contributed by atoms with Crippen LogP contribution in [0.5, 0.6) is 11.5 Å². The number of carbonyl (C=O) groups is 1. The zero-order valence-electron chi connectivity index (χ0n) is 14.7. The summed E-state index contributed by atoms with van der Waals surface area (Å²) >= 11 is 0. The molecule has 0 radical (unpaired) electrons. The number of nitrogens with one attached hydrogen (secondary N) is 1. The first-order valence-electron chi connectivity index (χ1n) is 8.86. The quantitative estimate of drug-likeness (QED) is 0.660. The van der Waals surface area contributed by atoms with Gasteiger partial charge in [0.25, 0.3) is 5.91 Å². The number of para-hydroxylation sites is 1. The van der Waals surface area contributed by atoms with Crippen molar-refractivity contribution in [3.63, 3.8) is 0 Å². The van der Waals surface area contributed by atoms with Crippen LogP contribution in [0.1, 0.15) is 27.7 Å². The zero-order chi connectivity index (χ0) is 18.8. The highest BCUT2D eigenvalue weighted by Crippen LogP contribution is 2.37. The number of amides is 1. The van der Waals surface area contributed by atoms with E-state index < -0.39 is 6.17 Å². The summed E-state index contributed by atoms with van der Waals surface area (Å²) in [6.07, 6.45) is 0.183. The van der Waals surface area contributed by atoms with Crippen molar-refractivity contribution in [1.29, 1.82) is 0 Å². The number of nitrogens with zero attached hydrogens (tertiary/aromatic N) is 1. The lowest BCUT2D eigenvalue weighted by molar-refractivity contribution is 0.0684.